The van der Waals surface area contributed by atoms with E-state index in [1.165, 1.54) is 11.1 Å². The third-order valence-corrected chi connectivity index (χ3v) is 4.89. The van der Waals surface area contributed by atoms with Gasteiger partial charge >= 0.3 is 0 Å². The Hall–Kier alpha value is -2.28. The average molecular weight is 335 g/mol. The molecule has 0 saturated carbocycles. The van der Waals surface area contributed by atoms with Gasteiger partial charge in [0.05, 0.1) is 5.60 Å². The average Bonchev–Trinajstić information content (AvgIpc) is 2.63. The fourth-order valence-corrected chi connectivity index (χ4v) is 3.38. The molecule has 0 amide bonds. The quantitative estimate of drug-likeness (QED) is 0.849. The van der Waals surface area contributed by atoms with Gasteiger partial charge in [-0.05, 0) is 43.0 Å². The molecule has 3 rings (SSSR count). The Morgan fingerprint density at radius 2 is 1.88 bits per heavy atom. The Morgan fingerprint density at radius 1 is 1.16 bits per heavy atom. The summed E-state index contributed by atoms with van der Waals surface area (Å²) >= 11 is 0. The topological polar surface area (TPSA) is 32.7 Å². The van der Waals surface area contributed by atoms with E-state index in [1.807, 2.05) is 24.3 Å². The van der Waals surface area contributed by atoms with Crippen LogP contribution in [0, 0.1) is 19.3 Å². The Bertz CT molecular complexity index is 737. The molecular formula is C22H25NO2. The van der Waals surface area contributed by atoms with Crippen molar-refractivity contribution in [3.63, 3.8) is 0 Å². The Labute approximate surface area is 150 Å². The highest BCUT2D eigenvalue weighted by Crippen LogP contribution is 2.33. The molecule has 0 aromatic heterocycles. The van der Waals surface area contributed by atoms with Gasteiger partial charge in [-0.25, -0.2) is 0 Å². The van der Waals surface area contributed by atoms with Crippen LogP contribution in [0.15, 0.2) is 48.5 Å². The van der Waals surface area contributed by atoms with Crippen molar-refractivity contribution in [2.24, 2.45) is 0 Å². The number of rotatable bonds is 5. The van der Waals surface area contributed by atoms with Gasteiger partial charge in [0.15, 0.2) is 0 Å². The van der Waals surface area contributed by atoms with Gasteiger partial charge in [-0.3, -0.25) is 4.90 Å². The van der Waals surface area contributed by atoms with Crippen LogP contribution in [0.3, 0.4) is 0 Å². The molecule has 1 N–H and O–H groups in total. The summed E-state index contributed by atoms with van der Waals surface area (Å²) in [5.41, 5.74) is 2.78. The van der Waals surface area contributed by atoms with Crippen LogP contribution in [0.1, 0.15) is 29.5 Å². The van der Waals surface area contributed by atoms with Gasteiger partial charge in [0, 0.05) is 19.6 Å². The van der Waals surface area contributed by atoms with Crippen molar-refractivity contribution < 1.29 is 9.84 Å². The van der Waals surface area contributed by atoms with Crippen molar-refractivity contribution in [3.05, 3.63) is 65.2 Å². The summed E-state index contributed by atoms with van der Waals surface area (Å²) in [6.07, 6.45) is 6.73. The first-order chi connectivity index (χ1) is 12.1. The second kappa shape index (κ2) is 7.74. The maximum atomic E-state index is 11.0. The fourth-order valence-electron chi connectivity index (χ4n) is 3.38. The minimum Gasteiger partial charge on any atom is -0.481 e. The second-order valence-electron chi connectivity index (χ2n) is 6.81. The third-order valence-electron chi connectivity index (χ3n) is 4.89. The maximum Gasteiger partial charge on any atom is 0.148 e. The molecule has 3 heteroatoms. The zero-order valence-electron chi connectivity index (χ0n) is 14.7. The summed E-state index contributed by atoms with van der Waals surface area (Å²) in [6.45, 7) is 5.03. The number of benzene rings is 2. The number of aryl methyl sites for hydroxylation is 1. The van der Waals surface area contributed by atoms with Crippen LogP contribution in [-0.4, -0.2) is 29.7 Å². The number of aliphatic hydroxyl groups is 1. The molecule has 0 spiro atoms. The van der Waals surface area contributed by atoms with Gasteiger partial charge < -0.3 is 9.84 Å². The SMILES string of the molecule is C#CCOc1ccc(CN2CCC(O)(c3cccc(C)c3)CC2)cc1. The number of hydrogen-bond donors (Lipinski definition) is 1. The third kappa shape index (κ3) is 4.42. The molecule has 0 atom stereocenters. The molecule has 1 aliphatic heterocycles. The van der Waals surface area contributed by atoms with E-state index in [9.17, 15) is 5.11 Å². The van der Waals surface area contributed by atoms with E-state index in [0.29, 0.717) is 6.61 Å². The molecule has 1 aliphatic rings. The van der Waals surface area contributed by atoms with Crippen molar-refractivity contribution in [2.75, 3.05) is 19.7 Å². The first kappa shape index (κ1) is 17.5. The molecule has 130 valence electrons. The number of likely N-dealkylation sites (tertiary alicyclic amines) is 1. The lowest BCUT2D eigenvalue weighted by Gasteiger charge is -2.38. The molecule has 0 aliphatic carbocycles. The number of piperidine rings is 1. The standard InChI is InChI=1S/C22H25NO2/c1-3-15-25-21-9-7-19(8-10-21)17-23-13-11-22(24,12-14-23)20-6-4-5-18(2)16-20/h1,4-10,16,24H,11-15,17H2,2H3. The minimum absolute atomic E-state index is 0.295. The fraction of sp³-hybridized carbons (Fsp3) is 0.364. The van der Waals surface area contributed by atoms with Crippen molar-refractivity contribution in [1.82, 2.24) is 4.90 Å². The van der Waals surface area contributed by atoms with E-state index in [2.05, 4.69) is 42.0 Å². The van der Waals surface area contributed by atoms with Crippen molar-refractivity contribution in [3.8, 4) is 18.1 Å². The van der Waals surface area contributed by atoms with E-state index in [1.54, 1.807) is 0 Å². The van der Waals surface area contributed by atoms with Crippen LogP contribution in [-0.2, 0) is 12.1 Å². The zero-order chi connectivity index (χ0) is 17.7. The molecule has 3 nitrogen and oxygen atoms in total. The van der Waals surface area contributed by atoms with Crippen LogP contribution in [0.5, 0.6) is 5.75 Å². The van der Waals surface area contributed by atoms with E-state index in [0.717, 1.165) is 43.8 Å². The molecule has 0 radical (unpaired) electrons. The maximum absolute atomic E-state index is 11.0. The predicted octanol–water partition coefficient (Wildman–Crippen LogP) is 3.49. The van der Waals surface area contributed by atoms with E-state index >= 15 is 0 Å². The highest BCUT2D eigenvalue weighted by atomic mass is 16.5. The number of nitrogens with zero attached hydrogens (tertiary/aromatic N) is 1. The highest BCUT2D eigenvalue weighted by molar-refractivity contribution is 5.29. The summed E-state index contributed by atoms with van der Waals surface area (Å²) in [5.74, 6) is 3.27. The normalized spacial score (nSPS) is 17.0. The molecule has 25 heavy (non-hydrogen) atoms. The van der Waals surface area contributed by atoms with Crippen molar-refractivity contribution >= 4 is 0 Å². The smallest absolute Gasteiger partial charge is 0.148 e. The monoisotopic (exact) mass is 335 g/mol. The van der Waals surface area contributed by atoms with Crippen molar-refractivity contribution in [2.45, 2.75) is 31.9 Å². The molecule has 1 heterocycles. The van der Waals surface area contributed by atoms with E-state index in [4.69, 9.17) is 11.2 Å². The predicted molar refractivity (Wildman–Crippen MR) is 100 cm³/mol. The summed E-state index contributed by atoms with van der Waals surface area (Å²) in [5, 5.41) is 11.0. The Kier molecular flexibility index (Phi) is 5.43. The van der Waals surface area contributed by atoms with Gasteiger partial charge in [-0.15, -0.1) is 6.42 Å². The van der Waals surface area contributed by atoms with Gasteiger partial charge in [0.25, 0.3) is 0 Å². The first-order valence-electron chi connectivity index (χ1n) is 8.76. The van der Waals surface area contributed by atoms with E-state index in [-0.39, 0.29) is 0 Å². The summed E-state index contributed by atoms with van der Waals surface area (Å²) in [4.78, 5) is 2.39. The largest absolute Gasteiger partial charge is 0.481 e. The van der Waals surface area contributed by atoms with Gasteiger partial charge in [0.1, 0.15) is 12.4 Å². The summed E-state index contributed by atoms with van der Waals surface area (Å²) in [7, 11) is 0. The molecule has 1 saturated heterocycles. The molecule has 2 aromatic rings. The lowest BCUT2D eigenvalue weighted by atomic mass is 9.84. The molecular weight excluding hydrogens is 310 g/mol. The van der Waals surface area contributed by atoms with Gasteiger partial charge in [-0.1, -0.05) is 47.9 Å². The first-order valence-corrected chi connectivity index (χ1v) is 8.76. The lowest BCUT2D eigenvalue weighted by molar-refractivity contribution is -0.0277. The van der Waals surface area contributed by atoms with Crippen LogP contribution >= 0.6 is 0 Å². The molecule has 2 aromatic carbocycles. The number of hydrogen-bond acceptors (Lipinski definition) is 3. The van der Waals surface area contributed by atoms with Crippen LogP contribution in [0.4, 0.5) is 0 Å². The van der Waals surface area contributed by atoms with Crippen LogP contribution < -0.4 is 4.74 Å². The highest BCUT2D eigenvalue weighted by Gasteiger charge is 2.33. The Balaban J connectivity index is 1.56. The molecule has 1 fully saturated rings. The summed E-state index contributed by atoms with van der Waals surface area (Å²) < 4.78 is 5.40. The van der Waals surface area contributed by atoms with Crippen molar-refractivity contribution in [1.29, 1.82) is 0 Å². The molecule has 0 bridgehead atoms. The van der Waals surface area contributed by atoms with Gasteiger partial charge in [-0.2, -0.15) is 0 Å². The summed E-state index contributed by atoms with van der Waals surface area (Å²) in [6, 6.07) is 16.3. The lowest BCUT2D eigenvalue weighted by Crippen LogP contribution is -2.42. The Morgan fingerprint density at radius 3 is 2.52 bits per heavy atom. The second-order valence-corrected chi connectivity index (χ2v) is 6.81. The number of ether oxygens (including phenoxy) is 1. The van der Waals surface area contributed by atoms with Crippen LogP contribution in [0.2, 0.25) is 0 Å². The molecule has 0 unspecified atom stereocenters. The minimum atomic E-state index is -0.699. The van der Waals surface area contributed by atoms with E-state index < -0.39 is 5.60 Å². The van der Waals surface area contributed by atoms with Gasteiger partial charge in [0.2, 0.25) is 0 Å². The number of terminal acetylenes is 1. The van der Waals surface area contributed by atoms with Crippen LogP contribution in [0.25, 0.3) is 0 Å². The zero-order valence-corrected chi connectivity index (χ0v) is 14.7.